The Hall–Kier alpha value is -2.02. The van der Waals surface area contributed by atoms with Crippen molar-refractivity contribution in [2.45, 2.75) is 6.04 Å². The zero-order chi connectivity index (χ0) is 12.1. The molecule has 7 heteroatoms. The number of aliphatic hydroxyl groups excluding tert-OH is 1. The lowest BCUT2D eigenvalue weighted by Gasteiger charge is -2.11. The molecule has 1 aromatic heterocycles. The number of carboxylic acids is 1. The van der Waals surface area contributed by atoms with Crippen LogP contribution in [0.15, 0.2) is 18.5 Å². The number of carbonyl (C=O) groups is 2. The van der Waals surface area contributed by atoms with Gasteiger partial charge in [-0.1, -0.05) is 0 Å². The van der Waals surface area contributed by atoms with Crippen LogP contribution < -0.4 is 5.32 Å². The zero-order valence-corrected chi connectivity index (χ0v) is 8.05. The molecule has 1 atom stereocenters. The summed E-state index contributed by atoms with van der Waals surface area (Å²) >= 11 is 0. The average molecular weight is 228 g/mol. The van der Waals surface area contributed by atoms with E-state index >= 15 is 0 Å². The van der Waals surface area contributed by atoms with E-state index < -0.39 is 30.3 Å². The van der Waals surface area contributed by atoms with Gasteiger partial charge in [0.05, 0.1) is 18.4 Å². The van der Waals surface area contributed by atoms with Gasteiger partial charge in [0.2, 0.25) is 0 Å². The first-order chi connectivity index (χ1) is 7.56. The summed E-state index contributed by atoms with van der Waals surface area (Å²) < 4.78 is 13.1. The van der Waals surface area contributed by atoms with Crippen molar-refractivity contribution >= 4 is 11.9 Å². The third-order valence-electron chi connectivity index (χ3n) is 1.80. The molecule has 1 unspecified atom stereocenters. The van der Waals surface area contributed by atoms with Crippen LogP contribution in [0.2, 0.25) is 0 Å². The summed E-state index contributed by atoms with van der Waals surface area (Å²) in [5.74, 6) is -3.17. The lowest BCUT2D eigenvalue weighted by Crippen LogP contribution is -2.43. The molecule has 1 heterocycles. The van der Waals surface area contributed by atoms with Crippen LogP contribution in [-0.4, -0.2) is 39.7 Å². The first kappa shape index (κ1) is 12.1. The molecule has 1 amide bonds. The molecule has 0 radical (unpaired) electrons. The van der Waals surface area contributed by atoms with Gasteiger partial charge in [0.1, 0.15) is 0 Å². The van der Waals surface area contributed by atoms with Gasteiger partial charge in [0.15, 0.2) is 11.9 Å². The number of hydrogen-bond donors (Lipinski definition) is 3. The summed E-state index contributed by atoms with van der Waals surface area (Å²) in [5, 5.41) is 19.2. The number of carboxylic acid groups (broad SMARTS) is 1. The van der Waals surface area contributed by atoms with Crippen LogP contribution in [0.5, 0.6) is 0 Å². The maximum absolute atomic E-state index is 13.1. The average Bonchev–Trinajstić information content (AvgIpc) is 2.25. The van der Waals surface area contributed by atoms with E-state index in [4.69, 9.17) is 10.2 Å². The first-order valence-corrected chi connectivity index (χ1v) is 4.30. The molecule has 0 aliphatic heterocycles. The van der Waals surface area contributed by atoms with E-state index in [2.05, 4.69) is 4.98 Å². The van der Waals surface area contributed by atoms with Crippen LogP contribution in [0.1, 0.15) is 10.4 Å². The molecule has 0 aliphatic rings. The minimum absolute atomic E-state index is 0.324. The second kappa shape index (κ2) is 5.17. The van der Waals surface area contributed by atoms with E-state index in [1.807, 2.05) is 5.32 Å². The highest BCUT2D eigenvalue weighted by atomic mass is 19.1. The molecule has 1 rings (SSSR count). The Balaban J connectivity index is 2.80. The molecule has 0 bridgehead atoms. The number of aliphatic carboxylic acids is 1. The lowest BCUT2D eigenvalue weighted by molar-refractivity contribution is -0.140. The third-order valence-corrected chi connectivity index (χ3v) is 1.80. The second-order valence-electron chi connectivity index (χ2n) is 2.90. The zero-order valence-electron chi connectivity index (χ0n) is 8.05. The highest BCUT2D eigenvalue weighted by molar-refractivity contribution is 5.96. The van der Waals surface area contributed by atoms with Crippen molar-refractivity contribution in [1.82, 2.24) is 10.3 Å². The topological polar surface area (TPSA) is 99.5 Å². The van der Waals surface area contributed by atoms with Crippen molar-refractivity contribution in [2.75, 3.05) is 6.61 Å². The van der Waals surface area contributed by atoms with Crippen LogP contribution in [-0.2, 0) is 4.79 Å². The van der Waals surface area contributed by atoms with Crippen molar-refractivity contribution < 1.29 is 24.2 Å². The number of aliphatic hydroxyl groups is 1. The highest BCUT2D eigenvalue weighted by Crippen LogP contribution is 2.04. The number of aromatic nitrogens is 1. The summed E-state index contributed by atoms with van der Waals surface area (Å²) in [5.41, 5.74) is -0.324. The lowest BCUT2D eigenvalue weighted by atomic mass is 10.2. The first-order valence-electron chi connectivity index (χ1n) is 4.30. The fourth-order valence-electron chi connectivity index (χ4n) is 0.981. The maximum Gasteiger partial charge on any atom is 0.328 e. The molecule has 0 saturated heterocycles. The highest BCUT2D eigenvalue weighted by Gasteiger charge is 2.21. The number of hydrogen-bond acceptors (Lipinski definition) is 4. The number of pyridine rings is 1. The molecule has 1 aromatic rings. The van der Waals surface area contributed by atoms with E-state index in [9.17, 15) is 14.0 Å². The fourth-order valence-corrected chi connectivity index (χ4v) is 0.981. The molecule has 0 fully saturated rings. The predicted molar refractivity (Wildman–Crippen MR) is 50.2 cm³/mol. The monoisotopic (exact) mass is 228 g/mol. The van der Waals surface area contributed by atoms with Gasteiger partial charge in [0, 0.05) is 6.20 Å². The summed E-state index contributed by atoms with van der Waals surface area (Å²) in [4.78, 5) is 25.3. The van der Waals surface area contributed by atoms with Gasteiger partial charge in [-0.25, -0.2) is 9.18 Å². The standard InChI is InChI=1S/C9H9FN2O4/c10-6-3-11-2-1-5(6)8(14)12-7(4-13)9(15)16/h1-3,7,13H,4H2,(H,12,14)(H,15,16). The fraction of sp³-hybridized carbons (Fsp3) is 0.222. The van der Waals surface area contributed by atoms with Crippen molar-refractivity contribution in [1.29, 1.82) is 0 Å². The molecule has 3 N–H and O–H groups in total. The Labute approximate surface area is 89.7 Å². The van der Waals surface area contributed by atoms with Crippen LogP contribution >= 0.6 is 0 Å². The van der Waals surface area contributed by atoms with Gasteiger partial charge in [-0.15, -0.1) is 0 Å². The Morgan fingerprint density at radius 1 is 1.56 bits per heavy atom. The van der Waals surface area contributed by atoms with Gasteiger partial charge in [-0.2, -0.15) is 0 Å². The minimum atomic E-state index is -1.46. The SMILES string of the molecule is O=C(NC(CO)C(=O)O)c1ccncc1F. The van der Waals surface area contributed by atoms with E-state index in [1.54, 1.807) is 0 Å². The van der Waals surface area contributed by atoms with Crippen molar-refractivity contribution in [3.05, 3.63) is 29.8 Å². The Morgan fingerprint density at radius 2 is 2.25 bits per heavy atom. The van der Waals surface area contributed by atoms with E-state index in [0.29, 0.717) is 0 Å². The molecule has 0 aromatic carbocycles. The summed E-state index contributed by atoms with van der Waals surface area (Å²) in [6.07, 6.45) is 2.04. The largest absolute Gasteiger partial charge is 0.480 e. The van der Waals surface area contributed by atoms with Crippen molar-refractivity contribution in [3.63, 3.8) is 0 Å². The number of halogens is 1. The van der Waals surface area contributed by atoms with Crippen molar-refractivity contribution in [2.24, 2.45) is 0 Å². The molecule has 86 valence electrons. The normalized spacial score (nSPS) is 11.9. The molecule has 6 nitrogen and oxygen atoms in total. The van der Waals surface area contributed by atoms with E-state index in [0.717, 1.165) is 12.3 Å². The van der Waals surface area contributed by atoms with Gasteiger partial charge in [-0.3, -0.25) is 9.78 Å². The molecule has 0 aliphatic carbocycles. The van der Waals surface area contributed by atoms with Crippen LogP contribution in [0.25, 0.3) is 0 Å². The Kier molecular flexibility index (Phi) is 3.90. The summed E-state index contributed by atoms with van der Waals surface area (Å²) in [7, 11) is 0. The number of rotatable bonds is 4. The second-order valence-corrected chi connectivity index (χ2v) is 2.90. The van der Waals surface area contributed by atoms with E-state index in [1.165, 1.54) is 6.20 Å². The Morgan fingerprint density at radius 3 is 2.75 bits per heavy atom. The number of nitrogens with zero attached hydrogens (tertiary/aromatic N) is 1. The molecule has 0 spiro atoms. The molecule has 16 heavy (non-hydrogen) atoms. The van der Waals surface area contributed by atoms with Gasteiger partial charge >= 0.3 is 5.97 Å². The molecular formula is C9H9FN2O4. The van der Waals surface area contributed by atoms with Crippen LogP contribution in [0.4, 0.5) is 4.39 Å². The van der Waals surface area contributed by atoms with Gasteiger partial charge in [0.25, 0.3) is 5.91 Å². The minimum Gasteiger partial charge on any atom is -0.480 e. The molecule has 0 saturated carbocycles. The predicted octanol–water partition coefficient (Wildman–Crippen LogP) is -0.604. The number of amides is 1. The van der Waals surface area contributed by atoms with Crippen molar-refractivity contribution in [3.8, 4) is 0 Å². The third kappa shape index (κ3) is 2.74. The van der Waals surface area contributed by atoms with E-state index in [-0.39, 0.29) is 5.56 Å². The smallest absolute Gasteiger partial charge is 0.328 e. The molecular weight excluding hydrogens is 219 g/mol. The summed E-state index contributed by atoms with van der Waals surface area (Å²) in [6.45, 7) is -0.770. The Bertz CT molecular complexity index is 410. The maximum atomic E-state index is 13.1. The number of nitrogens with one attached hydrogen (secondary N) is 1. The quantitative estimate of drug-likeness (QED) is 0.638. The van der Waals surface area contributed by atoms with Crippen LogP contribution in [0, 0.1) is 5.82 Å². The van der Waals surface area contributed by atoms with Gasteiger partial charge in [-0.05, 0) is 6.07 Å². The van der Waals surface area contributed by atoms with Crippen LogP contribution in [0.3, 0.4) is 0 Å². The summed E-state index contributed by atoms with van der Waals surface area (Å²) in [6, 6.07) is -0.346. The number of carbonyl (C=O) groups excluding carboxylic acids is 1. The van der Waals surface area contributed by atoms with Gasteiger partial charge < -0.3 is 15.5 Å².